The van der Waals surface area contributed by atoms with Crippen molar-refractivity contribution in [2.75, 3.05) is 13.1 Å². The van der Waals surface area contributed by atoms with Gasteiger partial charge >= 0.3 is 0 Å². The van der Waals surface area contributed by atoms with Gasteiger partial charge in [0.2, 0.25) is 0 Å². The lowest BCUT2D eigenvalue weighted by Crippen LogP contribution is -2.29. The van der Waals surface area contributed by atoms with Gasteiger partial charge in [0.25, 0.3) is 0 Å². The van der Waals surface area contributed by atoms with Gasteiger partial charge in [-0.2, -0.15) is 0 Å². The summed E-state index contributed by atoms with van der Waals surface area (Å²) in [6, 6.07) is 7.70. The molecule has 4 heteroatoms. The molecule has 0 spiro atoms. The van der Waals surface area contributed by atoms with Crippen LogP contribution in [0.5, 0.6) is 0 Å². The molecule has 2 aromatic rings. The van der Waals surface area contributed by atoms with Gasteiger partial charge in [-0.15, -0.1) is 0 Å². The van der Waals surface area contributed by atoms with Crippen LogP contribution in [0.25, 0.3) is 11.4 Å². The quantitative estimate of drug-likeness (QED) is 0.914. The predicted molar refractivity (Wildman–Crippen MR) is 86.8 cm³/mol. The normalized spacial score (nSPS) is 18.7. The SMILES string of the molecule is Cc1nc(-c2ccc(Cl)cc2)nc(C)c1C1CCCNC1. The highest BCUT2D eigenvalue weighted by Gasteiger charge is 2.21. The van der Waals surface area contributed by atoms with Crippen LogP contribution >= 0.6 is 11.6 Å². The van der Waals surface area contributed by atoms with Crippen LogP contribution in [0.3, 0.4) is 0 Å². The van der Waals surface area contributed by atoms with Crippen molar-refractivity contribution in [3.8, 4) is 11.4 Å². The molecule has 1 aromatic carbocycles. The van der Waals surface area contributed by atoms with E-state index in [0.717, 1.165) is 40.9 Å². The number of benzene rings is 1. The van der Waals surface area contributed by atoms with E-state index in [9.17, 15) is 0 Å². The molecule has 1 atom stereocenters. The zero-order valence-electron chi connectivity index (χ0n) is 12.5. The van der Waals surface area contributed by atoms with Gasteiger partial charge in [0.05, 0.1) is 0 Å². The van der Waals surface area contributed by atoms with Gasteiger partial charge in [-0.3, -0.25) is 0 Å². The third-order valence-electron chi connectivity index (χ3n) is 4.13. The lowest BCUT2D eigenvalue weighted by molar-refractivity contribution is 0.457. The zero-order valence-corrected chi connectivity index (χ0v) is 13.2. The first-order chi connectivity index (χ1) is 10.1. The molecule has 0 saturated carbocycles. The first-order valence-electron chi connectivity index (χ1n) is 7.47. The average Bonchev–Trinajstić information content (AvgIpc) is 2.48. The molecule has 110 valence electrons. The number of halogens is 1. The minimum Gasteiger partial charge on any atom is -0.316 e. The monoisotopic (exact) mass is 301 g/mol. The molecule has 1 saturated heterocycles. The number of rotatable bonds is 2. The highest BCUT2D eigenvalue weighted by molar-refractivity contribution is 6.30. The van der Waals surface area contributed by atoms with E-state index in [-0.39, 0.29) is 0 Å². The third kappa shape index (κ3) is 3.09. The molecule has 3 rings (SSSR count). The molecule has 0 amide bonds. The molecule has 2 heterocycles. The topological polar surface area (TPSA) is 37.8 Å². The van der Waals surface area contributed by atoms with Crippen molar-refractivity contribution in [2.24, 2.45) is 0 Å². The molecule has 1 aromatic heterocycles. The molecule has 1 aliphatic heterocycles. The first kappa shape index (κ1) is 14.5. The van der Waals surface area contributed by atoms with Crippen molar-refractivity contribution in [2.45, 2.75) is 32.6 Å². The fourth-order valence-electron chi connectivity index (χ4n) is 3.14. The Balaban J connectivity index is 1.97. The van der Waals surface area contributed by atoms with Crippen LogP contribution in [0.2, 0.25) is 5.02 Å². The third-order valence-corrected chi connectivity index (χ3v) is 4.39. The summed E-state index contributed by atoms with van der Waals surface area (Å²) in [6.07, 6.45) is 2.45. The van der Waals surface area contributed by atoms with Crippen LogP contribution in [0, 0.1) is 13.8 Å². The van der Waals surface area contributed by atoms with Crippen LogP contribution in [0.1, 0.15) is 35.7 Å². The largest absolute Gasteiger partial charge is 0.316 e. The molecule has 0 radical (unpaired) electrons. The summed E-state index contributed by atoms with van der Waals surface area (Å²) in [6.45, 7) is 6.35. The molecule has 21 heavy (non-hydrogen) atoms. The molecule has 0 aliphatic carbocycles. The van der Waals surface area contributed by atoms with E-state index >= 15 is 0 Å². The van der Waals surface area contributed by atoms with Crippen LogP contribution in [-0.4, -0.2) is 23.1 Å². The molecule has 0 bridgehead atoms. The molecule has 1 fully saturated rings. The van der Waals surface area contributed by atoms with E-state index in [1.165, 1.54) is 18.4 Å². The fourth-order valence-corrected chi connectivity index (χ4v) is 3.27. The molecule has 1 unspecified atom stereocenters. The second kappa shape index (κ2) is 6.12. The Morgan fingerprint density at radius 2 is 1.76 bits per heavy atom. The number of hydrogen-bond acceptors (Lipinski definition) is 3. The Hall–Kier alpha value is -1.45. The lowest BCUT2D eigenvalue weighted by Gasteiger charge is -2.25. The van der Waals surface area contributed by atoms with Gasteiger partial charge in [0.1, 0.15) is 0 Å². The Kier molecular flexibility index (Phi) is 4.22. The van der Waals surface area contributed by atoms with E-state index in [2.05, 4.69) is 19.2 Å². The summed E-state index contributed by atoms with van der Waals surface area (Å²) in [7, 11) is 0. The number of hydrogen-bond donors (Lipinski definition) is 1. The molecule has 1 aliphatic rings. The number of aryl methyl sites for hydroxylation is 2. The predicted octanol–water partition coefficient (Wildman–Crippen LogP) is 3.88. The van der Waals surface area contributed by atoms with Crippen LogP contribution in [0.15, 0.2) is 24.3 Å². The maximum Gasteiger partial charge on any atom is 0.159 e. The Bertz CT molecular complexity index is 608. The molecular weight excluding hydrogens is 282 g/mol. The highest BCUT2D eigenvalue weighted by atomic mass is 35.5. The second-order valence-electron chi connectivity index (χ2n) is 5.68. The Labute approximate surface area is 130 Å². The van der Waals surface area contributed by atoms with Crippen LogP contribution in [-0.2, 0) is 0 Å². The van der Waals surface area contributed by atoms with E-state index in [1.807, 2.05) is 24.3 Å². The zero-order chi connectivity index (χ0) is 14.8. The van der Waals surface area contributed by atoms with E-state index in [4.69, 9.17) is 21.6 Å². The van der Waals surface area contributed by atoms with E-state index in [1.54, 1.807) is 0 Å². The standard InChI is InChI=1S/C17H20ClN3/c1-11-16(14-4-3-9-19-10-14)12(2)21-17(20-11)13-5-7-15(18)8-6-13/h5-8,14,19H,3-4,9-10H2,1-2H3. The number of aromatic nitrogens is 2. The minimum absolute atomic E-state index is 0.540. The van der Waals surface area contributed by atoms with Crippen LogP contribution in [0.4, 0.5) is 0 Å². The number of nitrogens with one attached hydrogen (secondary N) is 1. The second-order valence-corrected chi connectivity index (χ2v) is 6.12. The summed E-state index contributed by atoms with van der Waals surface area (Å²) < 4.78 is 0. The first-order valence-corrected chi connectivity index (χ1v) is 7.85. The Morgan fingerprint density at radius 1 is 1.10 bits per heavy atom. The molecule has 1 N–H and O–H groups in total. The number of piperidine rings is 1. The van der Waals surface area contributed by atoms with Crippen molar-refractivity contribution in [3.05, 3.63) is 46.2 Å². The van der Waals surface area contributed by atoms with Crippen molar-refractivity contribution in [3.63, 3.8) is 0 Å². The minimum atomic E-state index is 0.540. The van der Waals surface area contributed by atoms with Crippen molar-refractivity contribution in [1.29, 1.82) is 0 Å². The molecule has 3 nitrogen and oxygen atoms in total. The van der Waals surface area contributed by atoms with Gasteiger partial charge in [-0.25, -0.2) is 9.97 Å². The highest BCUT2D eigenvalue weighted by Crippen LogP contribution is 2.29. The summed E-state index contributed by atoms with van der Waals surface area (Å²) in [5, 5.41) is 4.20. The van der Waals surface area contributed by atoms with Gasteiger partial charge < -0.3 is 5.32 Å². The van der Waals surface area contributed by atoms with Gasteiger partial charge in [0.15, 0.2) is 5.82 Å². The van der Waals surface area contributed by atoms with Crippen molar-refractivity contribution < 1.29 is 0 Å². The smallest absolute Gasteiger partial charge is 0.159 e. The van der Waals surface area contributed by atoms with E-state index in [0.29, 0.717) is 5.92 Å². The maximum absolute atomic E-state index is 5.94. The summed E-state index contributed by atoms with van der Waals surface area (Å²) in [5.41, 5.74) is 4.53. The lowest BCUT2D eigenvalue weighted by atomic mass is 9.89. The maximum atomic E-state index is 5.94. The van der Waals surface area contributed by atoms with Gasteiger partial charge in [-0.1, -0.05) is 11.6 Å². The average molecular weight is 302 g/mol. The van der Waals surface area contributed by atoms with Crippen molar-refractivity contribution in [1.82, 2.24) is 15.3 Å². The van der Waals surface area contributed by atoms with Crippen LogP contribution < -0.4 is 5.32 Å². The summed E-state index contributed by atoms with van der Waals surface area (Å²) in [5.74, 6) is 1.33. The summed E-state index contributed by atoms with van der Waals surface area (Å²) >= 11 is 5.94. The van der Waals surface area contributed by atoms with Gasteiger partial charge in [-0.05, 0) is 69.0 Å². The van der Waals surface area contributed by atoms with Gasteiger partial charge in [0, 0.05) is 28.5 Å². The Morgan fingerprint density at radius 3 is 2.33 bits per heavy atom. The van der Waals surface area contributed by atoms with E-state index < -0.39 is 0 Å². The fraction of sp³-hybridized carbons (Fsp3) is 0.412. The van der Waals surface area contributed by atoms with Crippen molar-refractivity contribution >= 4 is 11.6 Å². The molecular formula is C17H20ClN3. The summed E-state index contributed by atoms with van der Waals surface area (Å²) in [4.78, 5) is 9.45. The number of nitrogens with zero attached hydrogens (tertiary/aromatic N) is 2.